The topological polar surface area (TPSA) is 47.3 Å². The van der Waals surface area contributed by atoms with Crippen LogP contribution in [0, 0.1) is 5.92 Å². The summed E-state index contributed by atoms with van der Waals surface area (Å²) in [4.78, 5) is 0. The summed E-state index contributed by atoms with van der Waals surface area (Å²) in [7, 11) is 1.70. The Bertz CT molecular complexity index is 334. The Balaban J connectivity index is 2.15. The number of para-hydroxylation sites is 1. The maximum atomic E-state index is 6.34. The minimum Gasteiger partial charge on any atom is -0.496 e. The van der Waals surface area contributed by atoms with Crippen LogP contribution < -0.4 is 15.8 Å². The van der Waals surface area contributed by atoms with E-state index in [4.69, 9.17) is 10.5 Å². The zero-order valence-corrected chi connectivity index (χ0v) is 9.78. The quantitative estimate of drug-likeness (QED) is 0.815. The average molecular weight is 220 g/mol. The van der Waals surface area contributed by atoms with Crippen molar-refractivity contribution in [1.82, 2.24) is 5.32 Å². The Labute approximate surface area is 97.0 Å². The number of hydrogen-bond donors (Lipinski definition) is 2. The van der Waals surface area contributed by atoms with Crippen molar-refractivity contribution in [1.29, 1.82) is 0 Å². The predicted octanol–water partition coefficient (Wildman–Crippen LogP) is 1.69. The molecule has 1 aliphatic rings. The number of nitrogens with one attached hydrogen (secondary N) is 1. The second-order valence-electron chi connectivity index (χ2n) is 4.36. The molecule has 1 heterocycles. The Morgan fingerprint density at radius 3 is 2.69 bits per heavy atom. The second kappa shape index (κ2) is 5.32. The van der Waals surface area contributed by atoms with Crippen molar-refractivity contribution in [3.63, 3.8) is 0 Å². The molecule has 0 saturated carbocycles. The van der Waals surface area contributed by atoms with Gasteiger partial charge in [0.1, 0.15) is 5.75 Å². The Morgan fingerprint density at radius 2 is 2.00 bits per heavy atom. The molecule has 0 amide bonds. The van der Waals surface area contributed by atoms with E-state index in [0.717, 1.165) is 37.2 Å². The van der Waals surface area contributed by atoms with Crippen molar-refractivity contribution in [2.24, 2.45) is 11.7 Å². The van der Waals surface area contributed by atoms with Crippen molar-refractivity contribution < 1.29 is 4.74 Å². The minimum atomic E-state index is 0.0956. The number of methoxy groups -OCH3 is 1. The summed E-state index contributed by atoms with van der Waals surface area (Å²) >= 11 is 0. The molecule has 88 valence electrons. The smallest absolute Gasteiger partial charge is 0.123 e. The Hall–Kier alpha value is -1.06. The van der Waals surface area contributed by atoms with Gasteiger partial charge in [-0.1, -0.05) is 18.2 Å². The monoisotopic (exact) mass is 220 g/mol. The van der Waals surface area contributed by atoms with Crippen LogP contribution >= 0.6 is 0 Å². The summed E-state index contributed by atoms with van der Waals surface area (Å²) in [5, 5.41) is 3.36. The van der Waals surface area contributed by atoms with Crippen LogP contribution in [0.1, 0.15) is 24.4 Å². The first kappa shape index (κ1) is 11.4. The fourth-order valence-corrected chi connectivity index (χ4v) is 2.40. The number of hydrogen-bond acceptors (Lipinski definition) is 3. The third-order valence-electron chi connectivity index (χ3n) is 3.39. The lowest BCUT2D eigenvalue weighted by molar-refractivity contribution is 0.313. The molecule has 1 aromatic carbocycles. The van der Waals surface area contributed by atoms with Crippen molar-refractivity contribution in [2.75, 3.05) is 20.2 Å². The van der Waals surface area contributed by atoms with Gasteiger partial charge >= 0.3 is 0 Å². The van der Waals surface area contributed by atoms with Gasteiger partial charge in [0, 0.05) is 11.6 Å². The first-order chi connectivity index (χ1) is 7.83. The first-order valence-corrected chi connectivity index (χ1v) is 5.92. The van der Waals surface area contributed by atoms with E-state index in [1.165, 1.54) is 0 Å². The molecule has 3 heteroatoms. The van der Waals surface area contributed by atoms with E-state index >= 15 is 0 Å². The van der Waals surface area contributed by atoms with Gasteiger partial charge in [0.05, 0.1) is 7.11 Å². The lowest BCUT2D eigenvalue weighted by atomic mass is 9.86. The van der Waals surface area contributed by atoms with Crippen molar-refractivity contribution in [2.45, 2.75) is 18.9 Å². The average Bonchev–Trinajstić information content (AvgIpc) is 2.39. The highest BCUT2D eigenvalue weighted by Crippen LogP contribution is 2.32. The van der Waals surface area contributed by atoms with E-state index in [1.807, 2.05) is 18.2 Å². The molecular formula is C13H20N2O. The van der Waals surface area contributed by atoms with E-state index < -0.39 is 0 Å². The maximum Gasteiger partial charge on any atom is 0.123 e. The van der Waals surface area contributed by atoms with Crippen LogP contribution in [0.15, 0.2) is 24.3 Å². The van der Waals surface area contributed by atoms with Gasteiger partial charge in [-0.3, -0.25) is 0 Å². The molecule has 2 rings (SSSR count). The molecule has 1 aliphatic heterocycles. The molecule has 1 atom stereocenters. The van der Waals surface area contributed by atoms with Crippen molar-refractivity contribution >= 4 is 0 Å². The van der Waals surface area contributed by atoms with Crippen LogP contribution in [0.5, 0.6) is 5.75 Å². The van der Waals surface area contributed by atoms with E-state index in [1.54, 1.807) is 7.11 Å². The van der Waals surface area contributed by atoms with Gasteiger partial charge in [0.25, 0.3) is 0 Å². The van der Waals surface area contributed by atoms with Crippen LogP contribution in [0.4, 0.5) is 0 Å². The van der Waals surface area contributed by atoms with E-state index in [0.29, 0.717) is 5.92 Å². The lowest BCUT2D eigenvalue weighted by Gasteiger charge is -2.29. The zero-order valence-electron chi connectivity index (χ0n) is 9.78. The molecular weight excluding hydrogens is 200 g/mol. The zero-order chi connectivity index (χ0) is 11.4. The number of rotatable bonds is 3. The first-order valence-electron chi connectivity index (χ1n) is 5.92. The van der Waals surface area contributed by atoms with Gasteiger partial charge in [0.15, 0.2) is 0 Å². The summed E-state index contributed by atoms with van der Waals surface area (Å²) in [5.41, 5.74) is 7.47. The summed E-state index contributed by atoms with van der Waals surface area (Å²) in [6, 6.07) is 8.16. The SMILES string of the molecule is COc1ccccc1C(N)C1CCNCC1. The van der Waals surface area contributed by atoms with E-state index in [9.17, 15) is 0 Å². The van der Waals surface area contributed by atoms with Gasteiger partial charge in [-0.2, -0.15) is 0 Å². The van der Waals surface area contributed by atoms with Gasteiger partial charge in [-0.25, -0.2) is 0 Å². The molecule has 1 unspecified atom stereocenters. The van der Waals surface area contributed by atoms with Crippen LogP contribution in [-0.4, -0.2) is 20.2 Å². The van der Waals surface area contributed by atoms with Crippen LogP contribution in [0.25, 0.3) is 0 Å². The van der Waals surface area contributed by atoms with Crippen molar-refractivity contribution in [3.05, 3.63) is 29.8 Å². The summed E-state index contributed by atoms with van der Waals surface area (Å²) in [6.45, 7) is 2.15. The highest BCUT2D eigenvalue weighted by Gasteiger charge is 2.23. The number of nitrogens with two attached hydrogens (primary N) is 1. The summed E-state index contributed by atoms with van der Waals surface area (Å²) in [5.74, 6) is 1.48. The highest BCUT2D eigenvalue weighted by molar-refractivity contribution is 5.36. The largest absolute Gasteiger partial charge is 0.496 e. The van der Waals surface area contributed by atoms with Crippen molar-refractivity contribution in [3.8, 4) is 5.75 Å². The van der Waals surface area contributed by atoms with Gasteiger partial charge in [-0.15, -0.1) is 0 Å². The standard InChI is InChI=1S/C13H20N2O/c1-16-12-5-3-2-4-11(12)13(14)10-6-8-15-9-7-10/h2-5,10,13,15H,6-9,14H2,1H3. The predicted molar refractivity (Wildman–Crippen MR) is 65.5 cm³/mol. The number of benzene rings is 1. The molecule has 3 N–H and O–H groups in total. The number of ether oxygens (including phenoxy) is 1. The molecule has 0 aliphatic carbocycles. The third-order valence-corrected chi connectivity index (χ3v) is 3.39. The highest BCUT2D eigenvalue weighted by atomic mass is 16.5. The molecule has 0 spiro atoms. The molecule has 0 radical (unpaired) electrons. The molecule has 1 saturated heterocycles. The minimum absolute atomic E-state index is 0.0956. The molecule has 1 aromatic rings. The summed E-state index contributed by atoms with van der Waals surface area (Å²) < 4.78 is 5.36. The number of piperidine rings is 1. The molecule has 0 aromatic heterocycles. The lowest BCUT2D eigenvalue weighted by Crippen LogP contribution is -2.33. The third kappa shape index (κ3) is 2.36. The van der Waals surface area contributed by atoms with Crippen LogP contribution in [0.2, 0.25) is 0 Å². The van der Waals surface area contributed by atoms with Crippen LogP contribution in [0.3, 0.4) is 0 Å². The Morgan fingerprint density at radius 1 is 1.31 bits per heavy atom. The fraction of sp³-hybridized carbons (Fsp3) is 0.538. The fourth-order valence-electron chi connectivity index (χ4n) is 2.40. The van der Waals surface area contributed by atoms with Crippen LogP contribution in [-0.2, 0) is 0 Å². The second-order valence-corrected chi connectivity index (χ2v) is 4.36. The van der Waals surface area contributed by atoms with Gasteiger partial charge < -0.3 is 15.8 Å². The Kier molecular flexibility index (Phi) is 3.80. The molecule has 0 bridgehead atoms. The molecule has 16 heavy (non-hydrogen) atoms. The van der Waals surface area contributed by atoms with E-state index in [-0.39, 0.29) is 6.04 Å². The molecule has 3 nitrogen and oxygen atoms in total. The molecule has 1 fully saturated rings. The van der Waals surface area contributed by atoms with Gasteiger partial charge in [0.2, 0.25) is 0 Å². The summed E-state index contributed by atoms with van der Waals surface area (Å²) in [6.07, 6.45) is 2.30. The normalized spacial score (nSPS) is 19.4. The maximum absolute atomic E-state index is 6.34. The van der Waals surface area contributed by atoms with E-state index in [2.05, 4.69) is 11.4 Å². The van der Waals surface area contributed by atoms with Gasteiger partial charge in [-0.05, 0) is 37.9 Å².